The lowest BCUT2D eigenvalue weighted by atomic mass is 9.81. The molecule has 0 atom stereocenters. The second kappa shape index (κ2) is 5.44. The Labute approximate surface area is 119 Å². The minimum Gasteiger partial charge on any atom is -0.493 e. The predicted molar refractivity (Wildman–Crippen MR) is 78.0 cm³/mol. The Morgan fingerprint density at radius 3 is 2.85 bits per heavy atom. The van der Waals surface area contributed by atoms with Crippen molar-refractivity contribution in [2.45, 2.75) is 44.1 Å². The number of rotatable bonds is 3. The summed E-state index contributed by atoms with van der Waals surface area (Å²) >= 11 is 0. The zero-order valence-corrected chi connectivity index (χ0v) is 11.8. The van der Waals surface area contributed by atoms with Gasteiger partial charge in [0.2, 0.25) is 0 Å². The van der Waals surface area contributed by atoms with Gasteiger partial charge in [0.05, 0.1) is 12.1 Å². The number of nitrogens with two attached hydrogens (primary N) is 1. The van der Waals surface area contributed by atoms with Crippen molar-refractivity contribution in [3.8, 4) is 5.75 Å². The van der Waals surface area contributed by atoms with Crippen molar-refractivity contribution in [3.63, 3.8) is 0 Å². The van der Waals surface area contributed by atoms with E-state index in [1.165, 1.54) is 6.42 Å². The number of benzene rings is 1. The molecule has 0 spiro atoms. The van der Waals surface area contributed by atoms with Crippen LogP contribution in [0.5, 0.6) is 5.75 Å². The first-order valence-electron chi connectivity index (χ1n) is 7.51. The summed E-state index contributed by atoms with van der Waals surface area (Å²) < 4.78 is 5.47. The van der Waals surface area contributed by atoms with Crippen molar-refractivity contribution >= 4 is 5.91 Å². The molecule has 1 amide bonds. The van der Waals surface area contributed by atoms with Gasteiger partial charge in [0, 0.05) is 18.5 Å². The monoisotopic (exact) mass is 274 g/mol. The van der Waals surface area contributed by atoms with E-state index in [0.717, 1.165) is 43.4 Å². The molecule has 0 radical (unpaired) electrons. The van der Waals surface area contributed by atoms with Crippen molar-refractivity contribution in [2.75, 3.05) is 13.2 Å². The van der Waals surface area contributed by atoms with Crippen LogP contribution in [0, 0.1) is 0 Å². The minimum absolute atomic E-state index is 0.00736. The summed E-state index contributed by atoms with van der Waals surface area (Å²) in [6.07, 6.45) is 6.41. The van der Waals surface area contributed by atoms with E-state index in [2.05, 4.69) is 5.32 Å². The molecule has 1 fully saturated rings. The van der Waals surface area contributed by atoms with Gasteiger partial charge in [0.25, 0.3) is 5.91 Å². The summed E-state index contributed by atoms with van der Waals surface area (Å²) in [5.74, 6) is 0.903. The Bertz CT molecular complexity index is 507. The molecule has 0 aromatic heterocycles. The highest BCUT2D eigenvalue weighted by molar-refractivity contribution is 5.95. The zero-order chi connectivity index (χ0) is 14.0. The van der Waals surface area contributed by atoms with Gasteiger partial charge in [0.1, 0.15) is 5.75 Å². The first-order valence-corrected chi connectivity index (χ1v) is 7.51. The minimum atomic E-state index is -0.204. The predicted octanol–water partition coefficient (Wildman–Crippen LogP) is 2.01. The van der Waals surface area contributed by atoms with Gasteiger partial charge in [-0.3, -0.25) is 4.79 Å². The molecule has 1 aromatic carbocycles. The number of carbonyl (C=O) groups excluding carboxylic acids is 1. The van der Waals surface area contributed by atoms with Gasteiger partial charge in [-0.25, -0.2) is 0 Å². The van der Waals surface area contributed by atoms with E-state index in [4.69, 9.17) is 10.5 Å². The lowest BCUT2D eigenvalue weighted by Crippen LogP contribution is -2.54. The molecule has 1 heterocycles. The Hall–Kier alpha value is -1.55. The first-order chi connectivity index (χ1) is 9.72. The Kier molecular flexibility index (Phi) is 3.66. The van der Waals surface area contributed by atoms with E-state index in [0.29, 0.717) is 18.7 Å². The summed E-state index contributed by atoms with van der Waals surface area (Å²) in [6.45, 7) is 1.24. The highest BCUT2D eigenvalue weighted by Crippen LogP contribution is 2.29. The molecule has 0 bridgehead atoms. The van der Waals surface area contributed by atoms with Crippen molar-refractivity contribution in [3.05, 3.63) is 29.3 Å². The molecule has 1 aromatic rings. The first kappa shape index (κ1) is 13.4. The van der Waals surface area contributed by atoms with Crippen LogP contribution < -0.4 is 15.8 Å². The summed E-state index contributed by atoms with van der Waals surface area (Å²) in [6, 6.07) is 5.68. The van der Waals surface area contributed by atoms with Crippen molar-refractivity contribution in [2.24, 2.45) is 5.73 Å². The average Bonchev–Trinajstić information content (AvgIpc) is 2.95. The topological polar surface area (TPSA) is 64.3 Å². The quantitative estimate of drug-likeness (QED) is 0.886. The molecule has 4 heteroatoms. The molecule has 20 heavy (non-hydrogen) atoms. The maximum atomic E-state index is 12.5. The van der Waals surface area contributed by atoms with Gasteiger partial charge >= 0.3 is 0 Å². The van der Waals surface area contributed by atoms with E-state index in [1.807, 2.05) is 18.2 Å². The van der Waals surface area contributed by atoms with E-state index in [9.17, 15) is 4.79 Å². The highest BCUT2D eigenvalue weighted by Gasteiger charge is 2.32. The Morgan fingerprint density at radius 2 is 2.10 bits per heavy atom. The van der Waals surface area contributed by atoms with E-state index in [1.54, 1.807) is 0 Å². The molecule has 1 aliphatic heterocycles. The lowest BCUT2D eigenvalue weighted by molar-refractivity contribution is 0.0874. The molecular weight excluding hydrogens is 252 g/mol. The lowest BCUT2D eigenvalue weighted by Gasteiger charge is -2.37. The van der Waals surface area contributed by atoms with Crippen molar-refractivity contribution in [1.82, 2.24) is 5.32 Å². The number of hydrogen-bond acceptors (Lipinski definition) is 3. The molecule has 2 aliphatic rings. The summed E-state index contributed by atoms with van der Waals surface area (Å²) in [4.78, 5) is 12.5. The fraction of sp³-hybridized carbons (Fsp3) is 0.562. The normalized spacial score (nSPS) is 20.1. The second-order valence-corrected chi connectivity index (χ2v) is 5.92. The standard InChI is InChI=1S/C16H22N2O2/c17-11-16(7-2-1-3-8-16)18-15(19)13-4-5-14-12(10-13)6-9-20-14/h4-5,10H,1-3,6-9,11,17H2,(H,18,19). The van der Waals surface area contributed by atoms with Crippen LogP contribution >= 0.6 is 0 Å². The van der Waals surface area contributed by atoms with Gasteiger partial charge in [-0.1, -0.05) is 19.3 Å². The number of ether oxygens (including phenoxy) is 1. The third kappa shape index (κ3) is 2.52. The fourth-order valence-corrected chi connectivity index (χ4v) is 3.25. The summed E-state index contributed by atoms with van der Waals surface area (Å²) in [5.41, 5.74) is 7.56. The molecule has 3 rings (SSSR count). The molecule has 1 aliphatic carbocycles. The van der Waals surface area contributed by atoms with Gasteiger partial charge < -0.3 is 15.8 Å². The SMILES string of the molecule is NCC1(NC(=O)c2ccc3c(c2)CCO3)CCCCC1. The number of carbonyl (C=O) groups is 1. The maximum Gasteiger partial charge on any atom is 0.251 e. The Balaban J connectivity index is 1.75. The zero-order valence-electron chi connectivity index (χ0n) is 11.8. The van der Waals surface area contributed by atoms with Crippen LogP contribution in [-0.2, 0) is 6.42 Å². The van der Waals surface area contributed by atoms with Gasteiger partial charge in [-0.2, -0.15) is 0 Å². The molecule has 0 unspecified atom stereocenters. The van der Waals surface area contributed by atoms with Gasteiger partial charge in [0.15, 0.2) is 0 Å². The Morgan fingerprint density at radius 1 is 1.30 bits per heavy atom. The summed E-state index contributed by atoms with van der Waals surface area (Å²) in [5, 5.41) is 3.18. The van der Waals surface area contributed by atoms with Crippen LogP contribution in [0.15, 0.2) is 18.2 Å². The maximum absolute atomic E-state index is 12.5. The molecule has 108 valence electrons. The molecule has 3 N–H and O–H groups in total. The number of fused-ring (bicyclic) bond motifs is 1. The van der Waals surface area contributed by atoms with Crippen LogP contribution in [-0.4, -0.2) is 24.6 Å². The van der Waals surface area contributed by atoms with E-state index >= 15 is 0 Å². The second-order valence-electron chi connectivity index (χ2n) is 5.92. The van der Waals surface area contributed by atoms with Crippen LogP contribution in [0.1, 0.15) is 48.0 Å². The summed E-state index contributed by atoms with van der Waals surface area (Å²) in [7, 11) is 0. The average molecular weight is 274 g/mol. The number of amides is 1. The van der Waals surface area contributed by atoms with E-state index < -0.39 is 0 Å². The molecule has 0 saturated heterocycles. The third-order valence-electron chi connectivity index (χ3n) is 4.53. The molecule has 4 nitrogen and oxygen atoms in total. The van der Waals surface area contributed by atoms with Gasteiger partial charge in [-0.15, -0.1) is 0 Å². The van der Waals surface area contributed by atoms with Crippen LogP contribution in [0.3, 0.4) is 0 Å². The number of nitrogens with one attached hydrogen (secondary N) is 1. The largest absolute Gasteiger partial charge is 0.493 e. The smallest absolute Gasteiger partial charge is 0.251 e. The van der Waals surface area contributed by atoms with Crippen LogP contribution in [0.2, 0.25) is 0 Å². The van der Waals surface area contributed by atoms with E-state index in [-0.39, 0.29) is 11.4 Å². The highest BCUT2D eigenvalue weighted by atomic mass is 16.5. The number of hydrogen-bond donors (Lipinski definition) is 2. The molecule has 1 saturated carbocycles. The molecular formula is C16H22N2O2. The van der Waals surface area contributed by atoms with Crippen LogP contribution in [0.25, 0.3) is 0 Å². The van der Waals surface area contributed by atoms with Crippen molar-refractivity contribution in [1.29, 1.82) is 0 Å². The van der Waals surface area contributed by atoms with Crippen molar-refractivity contribution < 1.29 is 9.53 Å². The van der Waals surface area contributed by atoms with Gasteiger partial charge in [-0.05, 0) is 36.6 Å². The van der Waals surface area contributed by atoms with Crippen LogP contribution in [0.4, 0.5) is 0 Å². The fourth-order valence-electron chi connectivity index (χ4n) is 3.25. The third-order valence-corrected chi connectivity index (χ3v) is 4.53.